The predicted molar refractivity (Wildman–Crippen MR) is 350 cm³/mol. The number of aliphatic hydroxyl groups is 4. The van der Waals surface area contributed by atoms with Crippen molar-refractivity contribution in [1.82, 2.24) is 9.80 Å². The van der Waals surface area contributed by atoms with Crippen LogP contribution in [0.2, 0.25) is 0 Å². The summed E-state index contributed by atoms with van der Waals surface area (Å²) in [6.45, 7) is 15.0. The van der Waals surface area contributed by atoms with Crippen LogP contribution in [0, 0.1) is 11.8 Å². The third kappa shape index (κ3) is 61.3. The minimum absolute atomic E-state index is 0.148. The summed E-state index contributed by atoms with van der Waals surface area (Å²) in [7, 11) is 0. The van der Waals surface area contributed by atoms with Crippen molar-refractivity contribution in [1.29, 1.82) is 0 Å². The molecule has 8 heteroatoms. The van der Waals surface area contributed by atoms with Crippen molar-refractivity contribution in [2.24, 2.45) is 11.8 Å². The van der Waals surface area contributed by atoms with E-state index >= 15 is 0 Å². The number of carbonyl (C=O) groups excluding carboxylic acids is 2. The highest BCUT2D eigenvalue weighted by Crippen LogP contribution is 2.21. The number of amides is 2. The molecule has 0 rings (SSSR count). The lowest BCUT2D eigenvalue weighted by Crippen LogP contribution is -2.39. The van der Waals surface area contributed by atoms with Crippen molar-refractivity contribution >= 4 is 11.8 Å². The molecule has 0 aromatic heterocycles. The van der Waals surface area contributed by atoms with Gasteiger partial charge in [0, 0.05) is 39.0 Å². The fourth-order valence-electron chi connectivity index (χ4n) is 11.6. The third-order valence-electron chi connectivity index (χ3n) is 17.4. The van der Waals surface area contributed by atoms with Gasteiger partial charge in [0.2, 0.25) is 11.8 Å². The van der Waals surface area contributed by atoms with Gasteiger partial charge < -0.3 is 30.2 Å². The zero-order chi connectivity index (χ0) is 59.0. The number of carbonyl (C=O) groups is 2. The summed E-state index contributed by atoms with van der Waals surface area (Å²) in [5.41, 5.74) is 0. The number of hydrogen-bond acceptors (Lipinski definition) is 6. The van der Waals surface area contributed by atoms with Crippen molar-refractivity contribution in [2.45, 2.75) is 400 Å². The molecule has 0 aromatic rings. The third-order valence-corrected chi connectivity index (χ3v) is 17.4. The van der Waals surface area contributed by atoms with E-state index in [1.54, 1.807) is 0 Å². The zero-order valence-electron chi connectivity index (χ0n) is 55.2. The van der Waals surface area contributed by atoms with Gasteiger partial charge in [-0.2, -0.15) is 0 Å². The molecule has 0 aliphatic carbocycles. The molecule has 0 radical (unpaired) electrons. The van der Waals surface area contributed by atoms with Crippen molar-refractivity contribution < 1.29 is 30.0 Å². The van der Waals surface area contributed by atoms with Gasteiger partial charge in [-0.05, 0) is 37.5 Å². The minimum Gasteiger partial charge on any atom is -0.394 e. The smallest absolute Gasteiger partial charge is 0.222 e. The van der Waals surface area contributed by atoms with Gasteiger partial charge in [-0.1, -0.05) is 350 Å². The van der Waals surface area contributed by atoms with Gasteiger partial charge in [0.1, 0.15) is 0 Å². The van der Waals surface area contributed by atoms with E-state index in [1.807, 2.05) is 9.80 Å². The van der Waals surface area contributed by atoms with Crippen LogP contribution in [-0.2, 0) is 9.59 Å². The van der Waals surface area contributed by atoms with E-state index in [9.17, 15) is 30.0 Å². The second-order valence-corrected chi connectivity index (χ2v) is 25.8. The molecule has 0 aromatic carbocycles. The van der Waals surface area contributed by atoms with Crippen molar-refractivity contribution in [3.05, 3.63) is 0 Å². The molecular weight excluding hydrogens is 989 g/mol. The Morgan fingerprint density at radius 2 is 0.475 bits per heavy atom. The van der Waals surface area contributed by atoms with Crippen LogP contribution in [0.5, 0.6) is 0 Å². The molecule has 0 aliphatic heterocycles. The largest absolute Gasteiger partial charge is 0.394 e. The quantitative estimate of drug-likeness (QED) is 0.0450. The molecule has 0 spiro atoms. The first kappa shape index (κ1) is 80.8. The van der Waals surface area contributed by atoms with Gasteiger partial charge in [0.15, 0.2) is 0 Å². The summed E-state index contributed by atoms with van der Waals surface area (Å²) in [4.78, 5) is 29.5. The van der Waals surface area contributed by atoms with Gasteiger partial charge in [-0.15, -0.1) is 0 Å². The lowest BCUT2D eigenvalue weighted by molar-refractivity contribution is -0.134. The van der Waals surface area contributed by atoms with Gasteiger partial charge in [-0.3, -0.25) is 9.59 Å². The first-order valence-corrected chi connectivity index (χ1v) is 36.2. The summed E-state index contributed by atoms with van der Waals surface area (Å²) in [6, 6.07) is 0. The normalized spacial score (nSPS) is 13.0. The molecule has 0 saturated heterocycles. The average Bonchev–Trinajstić information content (AvgIpc) is 3.46. The second kappa shape index (κ2) is 66.9. The van der Waals surface area contributed by atoms with E-state index in [1.165, 1.54) is 295 Å². The maximum Gasteiger partial charge on any atom is 0.222 e. The fraction of sp³-hybridized carbons (Fsp3) is 0.972. The summed E-state index contributed by atoms with van der Waals surface area (Å²) in [6.07, 6.45) is 68.1. The van der Waals surface area contributed by atoms with Crippen molar-refractivity contribution in [2.75, 3.05) is 39.4 Å². The summed E-state index contributed by atoms with van der Waals surface area (Å²) >= 11 is 0. The van der Waals surface area contributed by atoms with Crippen LogP contribution < -0.4 is 0 Å². The number of nitrogens with zero attached hydrogens (tertiary/aromatic N) is 2. The summed E-state index contributed by atoms with van der Waals surface area (Å²) in [5.74, 6) is 1.45. The van der Waals surface area contributed by atoms with E-state index in [0.29, 0.717) is 37.8 Å². The Labute approximate surface area is 501 Å². The standard InChI is InChI=1S/C38H77NO3.C34H69NO3/c1-4-6-8-10-12-14-16-18-19-21-23-25-27-29-33-39(34-37(41)35-40)38(42)32-31-36(3)30-28-26-24-22-20-17-15-13-11-9-7-5-2;1-4-6-8-10-12-14-15-16-17-18-19-21-23-25-29-35(30-33(37)31-36)34(38)28-27-32(3)26-24-22-20-13-11-9-7-5-2/h36-37,40-41H,4-35H2,1-3H3;32-33,36-37H,4-31H2,1-3H3. The lowest BCUT2D eigenvalue weighted by atomic mass is 9.97. The van der Waals surface area contributed by atoms with Crippen LogP contribution in [0.3, 0.4) is 0 Å². The molecule has 80 heavy (non-hydrogen) atoms. The molecule has 0 heterocycles. The van der Waals surface area contributed by atoms with Crippen LogP contribution in [0.4, 0.5) is 0 Å². The Bertz CT molecular complexity index is 1200. The lowest BCUT2D eigenvalue weighted by Gasteiger charge is -2.25. The number of unbranched alkanes of at least 4 members (excludes halogenated alkanes) is 44. The molecule has 0 aliphatic rings. The molecule has 2 amide bonds. The average molecular weight is 1140 g/mol. The topological polar surface area (TPSA) is 122 Å². The Kier molecular flexibility index (Phi) is 67.6. The van der Waals surface area contributed by atoms with Gasteiger partial charge in [-0.25, -0.2) is 0 Å². The first-order chi connectivity index (χ1) is 39.1. The highest BCUT2D eigenvalue weighted by molar-refractivity contribution is 5.76. The molecule has 4 atom stereocenters. The van der Waals surface area contributed by atoms with E-state index in [2.05, 4.69) is 41.5 Å². The number of rotatable bonds is 64. The highest BCUT2D eigenvalue weighted by Gasteiger charge is 2.19. The predicted octanol–water partition coefficient (Wildman–Crippen LogP) is 20.8. The van der Waals surface area contributed by atoms with Gasteiger partial charge >= 0.3 is 0 Å². The second-order valence-electron chi connectivity index (χ2n) is 25.8. The van der Waals surface area contributed by atoms with E-state index in [0.717, 1.165) is 38.5 Å². The molecule has 4 unspecified atom stereocenters. The van der Waals surface area contributed by atoms with Gasteiger partial charge in [0.25, 0.3) is 0 Å². The van der Waals surface area contributed by atoms with Crippen LogP contribution in [0.1, 0.15) is 388 Å². The molecule has 480 valence electrons. The maximum absolute atomic E-state index is 13.0. The molecule has 4 N–H and O–H groups in total. The maximum atomic E-state index is 13.0. The molecule has 0 saturated carbocycles. The van der Waals surface area contributed by atoms with E-state index in [4.69, 9.17) is 0 Å². The van der Waals surface area contributed by atoms with Crippen molar-refractivity contribution in [3.8, 4) is 0 Å². The molecule has 0 bridgehead atoms. The monoisotopic (exact) mass is 1140 g/mol. The number of aliphatic hydroxyl groups excluding tert-OH is 4. The van der Waals surface area contributed by atoms with E-state index < -0.39 is 12.2 Å². The van der Waals surface area contributed by atoms with Crippen LogP contribution in [0.15, 0.2) is 0 Å². The van der Waals surface area contributed by atoms with Crippen LogP contribution in [0.25, 0.3) is 0 Å². The van der Waals surface area contributed by atoms with Crippen molar-refractivity contribution in [3.63, 3.8) is 0 Å². The van der Waals surface area contributed by atoms with Gasteiger partial charge in [0.05, 0.1) is 25.4 Å². The molecule has 0 fully saturated rings. The van der Waals surface area contributed by atoms with Crippen LogP contribution in [-0.4, -0.2) is 93.6 Å². The Balaban J connectivity index is 0. The molecular formula is C72H146N2O6. The summed E-state index contributed by atoms with van der Waals surface area (Å²) < 4.78 is 0. The zero-order valence-corrected chi connectivity index (χ0v) is 55.2. The molecule has 8 nitrogen and oxygen atoms in total. The fourth-order valence-corrected chi connectivity index (χ4v) is 11.6. The Morgan fingerprint density at radius 1 is 0.287 bits per heavy atom. The minimum atomic E-state index is -0.834. The van der Waals surface area contributed by atoms with E-state index in [-0.39, 0.29) is 38.1 Å². The first-order valence-electron chi connectivity index (χ1n) is 36.2. The number of hydrogen-bond donors (Lipinski definition) is 4. The van der Waals surface area contributed by atoms with Crippen LogP contribution >= 0.6 is 0 Å². The Hall–Kier alpha value is -1.22. The Morgan fingerprint density at radius 3 is 0.675 bits per heavy atom. The SMILES string of the molecule is CCCCCCCCCCCCCCCCN(CC(O)CO)C(=O)CCC(C)CCCCCCCCCC.CCCCCCCCCCCCCCCCN(CC(O)CO)C(=O)CCC(C)CCCCCCCCCCCCCC. The highest BCUT2D eigenvalue weighted by atomic mass is 16.3. The summed E-state index contributed by atoms with van der Waals surface area (Å²) in [5, 5.41) is 38.6.